The molecule has 22 heavy (non-hydrogen) atoms. The lowest BCUT2D eigenvalue weighted by Crippen LogP contribution is -2.14. The zero-order valence-corrected chi connectivity index (χ0v) is 13.4. The number of amides is 1. The van der Waals surface area contributed by atoms with Crippen molar-refractivity contribution in [3.63, 3.8) is 0 Å². The molecule has 0 saturated carbocycles. The number of methoxy groups -OCH3 is 1. The smallest absolute Gasteiger partial charge is 0.224 e. The summed E-state index contributed by atoms with van der Waals surface area (Å²) < 4.78 is 5.13. The topological polar surface area (TPSA) is 38.3 Å². The lowest BCUT2D eigenvalue weighted by Gasteiger charge is -2.13. The summed E-state index contributed by atoms with van der Waals surface area (Å²) in [7, 11) is 1.65. The molecule has 0 atom stereocenters. The van der Waals surface area contributed by atoms with E-state index in [0.29, 0.717) is 12.3 Å². The number of para-hydroxylation sites is 1. The first-order valence-electron chi connectivity index (χ1n) is 7.62. The summed E-state index contributed by atoms with van der Waals surface area (Å²) >= 11 is 0. The van der Waals surface area contributed by atoms with Gasteiger partial charge in [-0.25, -0.2) is 0 Å². The Morgan fingerprint density at radius 1 is 1.09 bits per heavy atom. The Morgan fingerprint density at radius 2 is 1.77 bits per heavy atom. The summed E-state index contributed by atoms with van der Waals surface area (Å²) in [5, 5.41) is 3.02. The Kier molecular flexibility index (Phi) is 5.59. The Morgan fingerprint density at radius 3 is 2.41 bits per heavy atom. The minimum Gasteiger partial charge on any atom is -0.497 e. The zero-order chi connectivity index (χ0) is 15.9. The van der Waals surface area contributed by atoms with Crippen molar-refractivity contribution in [1.82, 2.24) is 0 Å². The summed E-state index contributed by atoms with van der Waals surface area (Å²) in [6.07, 6.45) is 1.19. The van der Waals surface area contributed by atoms with Crippen LogP contribution in [0.2, 0.25) is 0 Å². The van der Waals surface area contributed by atoms with Crippen LogP contribution >= 0.6 is 0 Å². The Balaban J connectivity index is 1.93. The molecule has 0 fully saturated rings. The fraction of sp³-hybridized carbons (Fsp3) is 0.316. The largest absolute Gasteiger partial charge is 0.497 e. The van der Waals surface area contributed by atoms with Crippen molar-refractivity contribution in [2.75, 3.05) is 12.4 Å². The van der Waals surface area contributed by atoms with Crippen LogP contribution in [-0.2, 0) is 11.2 Å². The highest BCUT2D eigenvalue weighted by molar-refractivity contribution is 5.91. The van der Waals surface area contributed by atoms with Gasteiger partial charge in [0.1, 0.15) is 5.75 Å². The van der Waals surface area contributed by atoms with Gasteiger partial charge in [-0.2, -0.15) is 0 Å². The van der Waals surface area contributed by atoms with Crippen LogP contribution in [0, 0.1) is 0 Å². The first kappa shape index (κ1) is 16.1. The zero-order valence-electron chi connectivity index (χ0n) is 13.4. The third-order valence-corrected chi connectivity index (χ3v) is 3.66. The number of aryl methyl sites for hydroxylation is 1. The molecule has 2 aromatic carbocycles. The Bertz CT molecular complexity index is 618. The van der Waals surface area contributed by atoms with E-state index in [1.807, 2.05) is 42.5 Å². The lowest BCUT2D eigenvalue weighted by molar-refractivity contribution is -0.116. The maximum atomic E-state index is 12.1. The van der Waals surface area contributed by atoms with Crippen LogP contribution in [0.5, 0.6) is 5.75 Å². The monoisotopic (exact) mass is 297 g/mol. The van der Waals surface area contributed by atoms with Gasteiger partial charge in [0, 0.05) is 12.1 Å². The third-order valence-electron chi connectivity index (χ3n) is 3.66. The normalized spacial score (nSPS) is 10.5. The van der Waals surface area contributed by atoms with Gasteiger partial charge >= 0.3 is 0 Å². The molecule has 0 radical (unpaired) electrons. The summed E-state index contributed by atoms with van der Waals surface area (Å²) in [4.78, 5) is 12.1. The predicted octanol–water partition coefficient (Wildman–Crippen LogP) is 4.39. The van der Waals surface area contributed by atoms with Gasteiger partial charge in [-0.05, 0) is 41.7 Å². The van der Waals surface area contributed by atoms with E-state index in [9.17, 15) is 4.79 Å². The number of hydrogen-bond donors (Lipinski definition) is 1. The average Bonchev–Trinajstić information content (AvgIpc) is 2.53. The molecule has 0 bridgehead atoms. The van der Waals surface area contributed by atoms with Crippen molar-refractivity contribution in [3.05, 3.63) is 59.7 Å². The van der Waals surface area contributed by atoms with Crippen molar-refractivity contribution in [2.45, 2.75) is 32.6 Å². The van der Waals surface area contributed by atoms with Crippen molar-refractivity contribution in [1.29, 1.82) is 0 Å². The molecule has 2 rings (SSSR count). The second kappa shape index (κ2) is 7.64. The third kappa shape index (κ3) is 4.35. The van der Waals surface area contributed by atoms with Crippen molar-refractivity contribution in [2.24, 2.45) is 0 Å². The number of hydrogen-bond acceptors (Lipinski definition) is 2. The minimum absolute atomic E-state index is 0.0453. The molecule has 116 valence electrons. The quantitative estimate of drug-likeness (QED) is 0.858. The molecule has 0 unspecified atom stereocenters. The second-order valence-corrected chi connectivity index (χ2v) is 5.64. The maximum Gasteiger partial charge on any atom is 0.224 e. The molecule has 3 heteroatoms. The molecule has 3 nitrogen and oxygen atoms in total. The average molecular weight is 297 g/mol. The number of benzene rings is 2. The molecule has 1 N–H and O–H groups in total. The van der Waals surface area contributed by atoms with E-state index in [1.54, 1.807) is 7.11 Å². The van der Waals surface area contributed by atoms with E-state index in [2.05, 4.69) is 25.2 Å². The number of nitrogens with one attached hydrogen (secondary N) is 1. The van der Waals surface area contributed by atoms with E-state index in [0.717, 1.165) is 23.4 Å². The first-order valence-corrected chi connectivity index (χ1v) is 7.62. The molecule has 2 aromatic rings. The van der Waals surface area contributed by atoms with Gasteiger partial charge in [0.25, 0.3) is 0 Å². The molecule has 1 amide bonds. The highest BCUT2D eigenvalue weighted by Gasteiger charge is 2.09. The van der Waals surface area contributed by atoms with Crippen molar-refractivity contribution in [3.8, 4) is 5.75 Å². The fourth-order valence-electron chi connectivity index (χ4n) is 2.38. The van der Waals surface area contributed by atoms with Crippen LogP contribution < -0.4 is 10.1 Å². The van der Waals surface area contributed by atoms with Crippen LogP contribution in [0.4, 0.5) is 5.69 Å². The molecular formula is C19H23NO2. The highest BCUT2D eigenvalue weighted by Crippen LogP contribution is 2.23. The number of carbonyl (C=O) groups excluding carboxylic acids is 1. The predicted molar refractivity (Wildman–Crippen MR) is 90.5 cm³/mol. The molecule has 0 aliphatic carbocycles. The molecule has 0 heterocycles. The van der Waals surface area contributed by atoms with Crippen LogP contribution in [0.15, 0.2) is 48.5 Å². The lowest BCUT2D eigenvalue weighted by atomic mass is 10.0. The summed E-state index contributed by atoms with van der Waals surface area (Å²) in [5.41, 5.74) is 3.21. The van der Waals surface area contributed by atoms with E-state index in [-0.39, 0.29) is 5.91 Å². The molecular weight excluding hydrogens is 274 g/mol. The maximum absolute atomic E-state index is 12.1. The number of ether oxygens (including phenoxy) is 1. The van der Waals surface area contributed by atoms with Gasteiger partial charge in [-0.3, -0.25) is 4.79 Å². The number of carbonyl (C=O) groups is 1. The van der Waals surface area contributed by atoms with Crippen LogP contribution in [0.3, 0.4) is 0 Å². The number of rotatable bonds is 6. The Labute approximate surface area is 132 Å². The highest BCUT2D eigenvalue weighted by atomic mass is 16.5. The molecule has 0 aliphatic rings. The van der Waals surface area contributed by atoms with Gasteiger partial charge in [-0.1, -0.05) is 44.2 Å². The SMILES string of the molecule is COc1ccc(CCC(=O)Nc2ccccc2C(C)C)cc1. The second-order valence-electron chi connectivity index (χ2n) is 5.64. The van der Waals surface area contributed by atoms with Crippen molar-refractivity contribution < 1.29 is 9.53 Å². The van der Waals surface area contributed by atoms with Crippen LogP contribution in [-0.4, -0.2) is 13.0 Å². The van der Waals surface area contributed by atoms with Crippen LogP contribution in [0.1, 0.15) is 37.3 Å². The van der Waals surface area contributed by atoms with Gasteiger partial charge in [0.05, 0.1) is 7.11 Å². The van der Waals surface area contributed by atoms with Gasteiger partial charge in [0.15, 0.2) is 0 Å². The molecule has 0 saturated heterocycles. The molecule has 0 aromatic heterocycles. The standard InChI is InChI=1S/C19H23NO2/c1-14(2)17-6-4-5-7-18(17)20-19(21)13-10-15-8-11-16(22-3)12-9-15/h4-9,11-12,14H,10,13H2,1-3H3,(H,20,21). The molecule has 0 aliphatic heterocycles. The molecule has 0 spiro atoms. The summed E-state index contributed by atoms with van der Waals surface area (Å²) in [6, 6.07) is 15.8. The number of anilines is 1. The van der Waals surface area contributed by atoms with E-state index in [4.69, 9.17) is 4.74 Å². The van der Waals surface area contributed by atoms with Crippen molar-refractivity contribution >= 4 is 11.6 Å². The fourth-order valence-corrected chi connectivity index (χ4v) is 2.38. The van der Waals surface area contributed by atoms with Gasteiger partial charge in [-0.15, -0.1) is 0 Å². The van der Waals surface area contributed by atoms with Gasteiger partial charge in [0.2, 0.25) is 5.91 Å². The summed E-state index contributed by atoms with van der Waals surface area (Å²) in [6.45, 7) is 4.25. The van der Waals surface area contributed by atoms with E-state index in [1.165, 1.54) is 5.56 Å². The Hall–Kier alpha value is -2.29. The van der Waals surface area contributed by atoms with Crippen LogP contribution in [0.25, 0.3) is 0 Å². The summed E-state index contributed by atoms with van der Waals surface area (Å²) in [5.74, 6) is 1.26. The first-order chi connectivity index (χ1) is 10.6. The van der Waals surface area contributed by atoms with E-state index < -0.39 is 0 Å². The van der Waals surface area contributed by atoms with E-state index >= 15 is 0 Å². The minimum atomic E-state index is 0.0453. The van der Waals surface area contributed by atoms with Gasteiger partial charge < -0.3 is 10.1 Å².